The van der Waals surface area contributed by atoms with Crippen LogP contribution in [0, 0.1) is 0 Å². The summed E-state index contributed by atoms with van der Waals surface area (Å²) in [7, 11) is -3.69. The second-order valence-electron chi connectivity index (χ2n) is 6.72. The molecular formula is C18H21N5O3S. The van der Waals surface area contributed by atoms with Crippen LogP contribution in [0.5, 0.6) is 0 Å². The van der Waals surface area contributed by atoms with Gasteiger partial charge in [0.25, 0.3) is 0 Å². The van der Waals surface area contributed by atoms with Crippen LogP contribution < -0.4 is 14.9 Å². The van der Waals surface area contributed by atoms with Gasteiger partial charge in [-0.15, -0.1) is 0 Å². The lowest BCUT2D eigenvalue weighted by molar-refractivity contribution is -0.116. The molecule has 1 aromatic carbocycles. The van der Waals surface area contributed by atoms with Crippen LogP contribution in [0.2, 0.25) is 0 Å². The topological polar surface area (TPSA) is 104 Å². The summed E-state index contributed by atoms with van der Waals surface area (Å²) in [5.74, 6) is 1.22. The molecule has 0 saturated carbocycles. The van der Waals surface area contributed by atoms with E-state index in [0.717, 1.165) is 37.3 Å². The molecule has 2 aromatic rings. The molecule has 0 bridgehead atoms. The number of hydrogen-bond acceptors (Lipinski definition) is 6. The third-order valence-electron chi connectivity index (χ3n) is 4.82. The first-order valence-electron chi connectivity index (χ1n) is 9.01. The Labute approximate surface area is 158 Å². The molecule has 4 rings (SSSR count). The highest BCUT2D eigenvalue weighted by Gasteiger charge is 2.20. The van der Waals surface area contributed by atoms with Crippen LogP contribution in [0.1, 0.15) is 30.7 Å². The third kappa shape index (κ3) is 3.93. The van der Waals surface area contributed by atoms with Crippen molar-refractivity contribution < 1.29 is 13.2 Å². The molecule has 0 radical (unpaired) electrons. The van der Waals surface area contributed by atoms with Gasteiger partial charge in [0, 0.05) is 31.4 Å². The Balaban J connectivity index is 1.47. The Bertz CT molecular complexity index is 971. The van der Waals surface area contributed by atoms with E-state index in [9.17, 15) is 13.2 Å². The van der Waals surface area contributed by atoms with E-state index in [4.69, 9.17) is 0 Å². The summed E-state index contributed by atoms with van der Waals surface area (Å²) in [6.45, 7) is 1.96. The molecule has 2 N–H and O–H groups in total. The number of sulfonamides is 1. The number of benzene rings is 1. The normalized spacial score (nSPS) is 16.9. The van der Waals surface area contributed by atoms with E-state index < -0.39 is 10.0 Å². The lowest BCUT2D eigenvalue weighted by Crippen LogP contribution is -2.26. The van der Waals surface area contributed by atoms with Gasteiger partial charge >= 0.3 is 0 Å². The predicted octanol–water partition coefficient (Wildman–Crippen LogP) is 1.44. The number of amides is 1. The quantitative estimate of drug-likeness (QED) is 0.804. The molecule has 1 amide bonds. The van der Waals surface area contributed by atoms with E-state index >= 15 is 0 Å². The van der Waals surface area contributed by atoms with E-state index in [2.05, 4.69) is 24.9 Å². The molecule has 9 heteroatoms. The monoisotopic (exact) mass is 387 g/mol. The van der Waals surface area contributed by atoms with Crippen LogP contribution in [0.25, 0.3) is 0 Å². The average molecular weight is 387 g/mol. The van der Waals surface area contributed by atoms with Crippen molar-refractivity contribution in [2.24, 2.45) is 0 Å². The Kier molecular flexibility index (Phi) is 4.79. The largest absolute Gasteiger partial charge is 0.357 e. The molecule has 0 atom stereocenters. The highest BCUT2D eigenvalue weighted by Crippen LogP contribution is 2.25. The molecule has 1 saturated heterocycles. The summed E-state index contributed by atoms with van der Waals surface area (Å²) in [5, 5.41) is 2.75. The van der Waals surface area contributed by atoms with Gasteiger partial charge in [-0.05, 0) is 49.1 Å². The Morgan fingerprint density at radius 1 is 1.15 bits per heavy atom. The number of hydrogen-bond donors (Lipinski definition) is 2. The summed E-state index contributed by atoms with van der Waals surface area (Å²) in [5.41, 5.74) is 1.50. The zero-order chi connectivity index (χ0) is 18.9. The van der Waals surface area contributed by atoms with E-state index in [0.29, 0.717) is 24.4 Å². The minimum atomic E-state index is -3.69. The van der Waals surface area contributed by atoms with Crippen molar-refractivity contribution in [3.63, 3.8) is 0 Å². The number of anilines is 2. The van der Waals surface area contributed by atoms with Gasteiger partial charge in [-0.1, -0.05) is 0 Å². The third-order valence-corrected chi connectivity index (χ3v) is 6.22. The zero-order valence-corrected chi connectivity index (χ0v) is 15.6. The molecular weight excluding hydrogens is 366 g/mol. The zero-order valence-electron chi connectivity index (χ0n) is 14.8. The van der Waals surface area contributed by atoms with Crippen LogP contribution >= 0.6 is 0 Å². The van der Waals surface area contributed by atoms with Crippen molar-refractivity contribution in [1.29, 1.82) is 0 Å². The molecule has 2 aliphatic rings. The van der Waals surface area contributed by atoms with Crippen molar-refractivity contribution >= 4 is 27.4 Å². The van der Waals surface area contributed by atoms with Crippen molar-refractivity contribution in [1.82, 2.24) is 14.7 Å². The first kappa shape index (κ1) is 17.9. The SMILES string of the molecule is O=C1CCc2cc(S(=O)(=O)NCc3nccc(N4CCCC4)n3)ccc2N1. The maximum Gasteiger partial charge on any atom is 0.240 e. The lowest BCUT2D eigenvalue weighted by atomic mass is 10.0. The van der Waals surface area contributed by atoms with Gasteiger partial charge in [-0.2, -0.15) is 0 Å². The van der Waals surface area contributed by atoms with E-state index in [1.165, 1.54) is 6.07 Å². The van der Waals surface area contributed by atoms with Crippen LogP contribution in [0.3, 0.4) is 0 Å². The maximum atomic E-state index is 12.6. The molecule has 27 heavy (non-hydrogen) atoms. The summed E-state index contributed by atoms with van der Waals surface area (Å²) in [6, 6.07) is 6.58. The number of aromatic nitrogens is 2. The summed E-state index contributed by atoms with van der Waals surface area (Å²) in [6.07, 6.45) is 4.84. The summed E-state index contributed by atoms with van der Waals surface area (Å²) >= 11 is 0. The highest BCUT2D eigenvalue weighted by molar-refractivity contribution is 7.89. The molecule has 1 fully saturated rings. The van der Waals surface area contributed by atoms with Crippen molar-refractivity contribution in [2.45, 2.75) is 37.1 Å². The van der Waals surface area contributed by atoms with Gasteiger partial charge in [0.05, 0.1) is 11.4 Å². The van der Waals surface area contributed by atoms with Crippen molar-refractivity contribution in [3.05, 3.63) is 41.9 Å². The van der Waals surface area contributed by atoms with Gasteiger partial charge < -0.3 is 10.2 Å². The van der Waals surface area contributed by atoms with Crippen LogP contribution in [-0.2, 0) is 27.8 Å². The Morgan fingerprint density at radius 3 is 2.78 bits per heavy atom. The van der Waals surface area contributed by atoms with Gasteiger partial charge in [-0.3, -0.25) is 4.79 Å². The van der Waals surface area contributed by atoms with Crippen LogP contribution in [-0.4, -0.2) is 37.4 Å². The minimum absolute atomic E-state index is 0.0256. The van der Waals surface area contributed by atoms with E-state index in [1.54, 1.807) is 18.3 Å². The Hall–Kier alpha value is -2.52. The van der Waals surface area contributed by atoms with Crippen LogP contribution in [0.15, 0.2) is 35.4 Å². The Morgan fingerprint density at radius 2 is 1.96 bits per heavy atom. The number of nitrogens with zero attached hydrogens (tertiary/aromatic N) is 3. The fraction of sp³-hybridized carbons (Fsp3) is 0.389. The first-order chi connectivity index (χ1) is 13.0. The van der Waals surface area contributed by atoms with Crippen molar-refractivity contribution in [3.8, 4) is 0 Å². The number of carbonyl (C=O) groups excluding carboxylic acids is 1. The molecule has 142 valence electrons. The molecule has 3 heterocycles. The van der Waals surface area contributed by atoms with E-state index in [1.807, 2.05) is 6.07 Å². The molecule has 0 unspecified atom stereocenters. The number of fused-ring (bicyclic) bond motifs is 1. The number of carbonyl (C=O) groups is 1. The molecule has 1 aromatic heterocycles. The van der Waals surface area contributed by atoms with Gasteiger partial charge in [0.15, 0.2) is 0 Å². The smallest absolute Gasteiger partial charge is 0.240 e. The molecule has 8 nitrogen and oxygen atoms in total. The highest BCUT2D eigenvalue weighted by atomic mass is 32.2. The lowest BCUT2D eigenvalue weighted by Gasteiger charge is -2.18. The van der Waals surface area contributed by atoms with Crippen molar-refractivity contribution in [2.75, 3.05) is 23.3 Å². The average Bonchev–Trinajstić information content (AvgIpc) is 3.21. The number of rotatable bonds is 5. The minimum Gasteiger partial charge on any atom is -0.357 e. The summed E-state index contributed by atoms with van der Waals surface area (Å²) in [4.78, 5) is 22.4. The summed E-state index contributed by atoms with van der Waals surface area (Å²) < 4.78 is 27.8. The van der Waals surface area contributed by atoms with E-state index in [-0.39, 0.29) is 17.3 Å². The second kappa shape index (κ2) is 7.24. The predicted molar refractivity (Wildman–Crippen MR) is 101 cm³/mol. The molecule has 0 spiro atoms. The standard InChI is InChI=1S/C18H21N5O3S/c24-18-6-3-13-11-14(4-5-15(13)21-18)27(25,26)20-12-16-19-8-7-17(22-16)23-9-1-2-10-23/h4-5,7-8,11,20H,1-3,6,9-10,12H2,(H,21,24). The van der Waals surface area contributed by atoms with Gasteiger partial charge in [0.2, 0.25) is 15.9 Å². The number of nitrogens with one attached hydrogen (secondary N) is 2. The maximum absolute atomic E-state index is 12.6. The second-order valence-corrected chi connectivity index (χ2v) is 8.48. The molecule has 2 aliphatic heterocycles. The molecule has 0 aliphatic carbocycles. The fourth-order valence-electron chi connectivity index (χ4n) is 3.37. The fourth-order valence-corrected chi connectivity index (χ4v) is 4.40. The van der Waals surface area contributed by atoms with Gasteiger partial charge in [0.1, 0.15) is 11.6 Å². The van der Waals surface area contributed by atoms with Gasteiger partial charge in [-0.25, -0.2) is 23.1 Å². The van der Waals surface area contributed by atoms with Crippen LogP contribution in [0.4, 0.5) is 11.5 Å². The number of aryl methyl sites for hydroxylation is 1. The first-order valence-corrected chi connectivity index (χ1v) is 10.5.